The van der Waals surface area contributed by atoms with Gasteiger partial charge in [-0.25, -0.2) is 0 Å². The van der Waals surface area contributed by atoms with Crippen molar-refractivity contribution in [2.75, 3.05) is 18.5 Å². The van der Waals surface area contributed by atoms with Crippen LogP contribution in [-0.2, 0) is 11.2 Å². The minimum atomic E-state index is -0.120. The molecule has 0 bridgehead atoms. The standard InChI is InChI=1S/C12H16N2O2/c1-8-7-16-11-3-2-9(4-5-13)6-10(11)14-12(8)15/h2-3,6,8H,4-5,7,13H2,1H3,(H,14,15). The maximum Gasteiger partial charge on any atom is 0.230 e. The molecule has 1 aromatic rings. The number of carbonyl (C=O) groups excluding carboxylic acids is 1. The van der Waals surface area contributed by atoms with Crippen molar-refractivity contribution in [2.45, 2.75) is 13.3 Å². The summed E-state index contributed by atoms with van der Waals surface area (Å²) < 4.78 is 5.55. The minimum Gasteiger partial charge on any atom is -0.491 e. The molecule has 16 heavy (non-hydrogen) atoms. The minimum absolute atomic E-state index is 0.00338. The Balaban J connectivity index is 2.28. The summed E-state index contributed by atoms with van der Waals surface area (Å²) >= 11 is 0. The fourth-order valence-electron chi connectivity index (χ4n) is 1.67. The van der Waals surface area contributed by atoms with E-state index in [0.717, 1.165) is 23.4 Å². The second kappa shape index (κ2) is 4.53. The number of hydrogen-bond acceptors (Lipinski definition) is 3. The van der Waals surface area contributed by atoms with Gasteiger partial charge in [0.15, 0.2) is 0 Å². The van der Waals surface area contributed by atoms with E-state index >= 15 is 0 Å². The summed E-state index contributed by atoms with van der Waals surface area (Å²) in [6.45, 7) is 2.88. The molecule has 2 rings (SSSR count). The van der Waals surface area contributed by atoms with Gasteiger partial charge in [0, 0.05) is 0 Å². The van der Waals surface area contributed by atoms with Crippen LogP contribution in [0.5, 0.6) is 5.75 Å². The van der Waals surface area contributed by atoms with Gasteiger partial charge in [0.2, 0.25) is 5.91 Å². The zero-order valence-corrected chi connectivity index (χ0v) is 9.32. The van der Waals surface area contributed by atoms with Crippen molar-refractivity contribution in [2.24, 2.45) is 11.7 Å². The molecule has 1 aromatic carbocycles. The van der Waals surface area contributed by atoms with Gasteiger partial charge >= 0.3 is 0 Å². The van der Waals surface area contributed by atoms with Crippen molar-refractivity contribution < 1.29 is 9.53 Å². The number of hydrogen-bond donors (Lipinski definition) is 2. The summed E-state index contributed by atoms with van der Waals surface area (Å²) in [6.07, 6.45) is 0.804. The highest BCUT2D eigenvalue weighted by molar-refractivity contribution is 5.94. The van der Waals surface area contributed by atoms with Crippen LogP contribution in [-0.4, -0.2) is 19.1 Å². The van der Waals surface area contributed by atoms with Crippen molar-refractivity contribution in [3.63, 3.8) is 0 Å². The molecule has 3 N–H and O–H groups in total. The third kappa shape index (κ3) is 2.17. The highest BCUT2D eigenvalue weighted by atomic mass is 16.5. The molecule has 0 fully saturated rings. The van der Waals surface area contributed by atoms with Gasteiger partial charge in [0.25, 0.3) is 0 Å². The van der Waals surface area contributed by atoms with Gasteiger partial charge in [0.05, 0.1) is 18.2 Å². The monoisotopic (exact) mass is 220 g/mol. The lowest BCUT2D eigenvalue weighted by atomic mass is 10.1. The number of anilines is 1. The summed E-state index contributed by atoms with van der Waals surface area (Å²) in [6, 6.07) is 5.80. The Morgan fingerprint density at radius 3 is 3.12 bits per heavy atom. The van der Waals surface area contributed by atoms with Gasteiger partial charge in [-0.3, -0.25) is 4.79 Å². The SMILES string of the molecule is CC1COc2ccc(CCN)cc2NC1=O. The van der Waals surface area contributed by atoms with Crippen LogP contribution >= 0.6 is 0 Å². The normalized spacial score (nSPS) is 19.4. The maximum atomic E-state index is 11.6. The number of nitrogens with two attached hydrogens (primary N) is 1. The molecule has 1 heterocycles. The predicted molar refractivity (Wildman–Crippen MR) is 62.5 cm³/mol. The fraction of sp³-hybridized carbons (Fsp3) is 0.417. The summed E-state index contributed by atoms with van der Waals surface area (Å²) in [7, 11) is 0. The van der Waals surface area contributed by atoms with E-state index < -0.39 is 0 Å². The Labute approximate surface area is 94.8 Å². The molecule has 1 amide bonds. The summed E-state index contributed by atoms with van der Waals surface area (Å²) in [5.41, 5.74) is 7.36. The number of carbonyl (C=O) groups is 1. The third-order valence-electron chi connectivity index (χ3n) is 2.67. The fourth-order valence-corrected chi connectivity index (χ4v) is 1.67. The topological polar surface area (TPSA) is 64.3 Å². The Bertz CT molecular complexity index is 404. The first kappa shape index (κ1) is 11.0. The van der Waals surface area contributed by atoms with Crippen LogP contribution in [0.15, 0.2) is 18.2 Å². The van der Waals surface area contributed by atoms with E-state index in [2.05, 4.69) is 5.32 Å². The average molecular weight is 220 g/mol. The first-order chi connectivity index (χ1) is 7.70. The van der Waals surface area contributed by atoms with Crippen molar-refractivity contribution >= 4 is 11.6 Å². The van der Waals surface area contributed by atoms with E-state index in [-0.39, 0.29) is 11.8 Å². The van der Waals surface area contributed by atoms with E-state index in [1.807, 2.05) is 25.1 Å². The molecule has 1 aliphatic heterocycles. The Morgan fingerprint density at radius 2 is 2.38 bits per heavy atom. The van der Waals surface area contributed by atoms with E-state index in [9.17, 15) is 4.79 Å². The van der Waals surface area contributed by atoms with Crippen molar-refractivity contribution in [3.8, 4) is 5.75 Å². The van der Waals surface area contributed by atoms with E-state index in [1.54, 1.807) is 0 Å². The highest BCUT2D eigenvalue weighted by Crippen LogP contribution is 2.29. The van der Waals surface area contributed by atoms with Gasteiger partial charge in [0.1, 0.15) is 5.75 Å². The number of ether oxygens (including phenoxy) is 1. The van der Waals surface area contributed by atoms with Gasteiger partial charge in [-0.2, -0.15) is 0 Å². The summed E-state index contributed by atoms with van der Waals surface area (Å²) in [5, 5.41) is 2.87. The molecule has 4 heteroatoms. The smallest absolute Gasteiger partial charge is 0.230 e. The molecule has 0 spiro atoms. The molecule has 0 aromatic heterocycles. The maximum absolute atomic E-state index is 11.6. The quantitative estimate of drug-likeness (QED) is 0.786. The van der Waals surface area contributed by atoms with Crippen LogP contribution in [0.4, 0.5) is 5.69 Å². The van der Waals surface area contributed by atoms with Crippen LogP contribution in [0.25, 0.3) is 0 Å². The number of nitrogens with one attached hydrogen (secondary N) is 1. The van der Waals surface area contributed by atoms with Gasteiger partial charge in [-0.05, 0) is 30.7 Å². The van der Waals surface area contributed by atoms with Crippen LogP contribution in [0.1, 0.15) is 12.5 Å². The first-order valence-electron chi connectivity index (χ1n) is 5.47. The van der Waals surface area contributed by atoms with E-state index in [4.69, 9.17) is 10.5 Å². The van der Waals surface area contributed by atoms with Crippen molar-refractivity contribution in [1.82, 2.24) is 0 Å². The summed E-state index contributed by atoms with van der Waals surface area (Å²) in [4.78, 5) is 11.6. The van der Waals surface area contributed by atoms with Crippen LogP contribution in [0, 0.1) is 5.92 Å². The predicted octanol–water partition coefficient (Wildman–Crippen LogP) is 1.15. The van der Waals surface area contributed by atoms with Crippen molar-refractivity contribution in [1.29, 1.82) is 0 Å². The third-order valence-corrected chi connectivity index (χ3v) is 2.67. The number of rotatable bonds is 2. The number of amides is 1. The first-order valence-corrected chi connectivity index (χ1v) is 5.47. The number of benzene rings is 1. The lowest BCUT2D eigenvalue weighted by molar-refractivity contribution is -0.119. The van der Waals surface area contributed by atoms with Gasteiger partial charge in [-0.1, -0.05) is 13.0 Å². The molecule has 1 unspecified atom stereocenters. The molecule has 1 atom stereocenters. The highest BCUT2D eigenvalue weighted by Gasteiger charge is 2.20. The van der Waals surface area contributed by atoms with E-state index in [1.165, 1.54) is 0 Å². The second-order valence-corrected chi connectivity index (χ2v) is 4.07. The average Bonchev–Trinajstić information content (AvgIpc) is 2.40. The molecule has 0 saturated carbocycles. The van der Waals surface area contributed by atoms with Gasteiger partial charge in [-0.15, -0.1) is 0 Å². The Kier molecular flexibility index (Phi) is 3.10. The van der Waals surface area contributed by atoms with Crippen LogP contribution in [0.3, 0.4) is 0 Å². The molecule has 0 saturated heterocycles. The zero-order chi connectivity index (χ0) is 11.5. The molecule has 1 aliphatic rings. The summed E-state index contributed by atoms with van der Waals surface area (Å²) in [5.74, 6) is 0.618. The Hall–Kier alpha value is -1.55. The lowest BCUT2D eigenvalue weighted by Crippen LogP contribution is -2.22. The molecular formula is C12H16N2O2. The zero-order valence-electron chi connectivity index (χ0n) is 9.32. The van der Waals surface area contributed by atoms with E-state index in [0.29, 0.717) is 13.2 Å². The molecule has 0 aliphatic carbocycles. The number of fused-ring (bicyclic) bond motifs is 1. The molecule has 4 nitrogen and oxygen atoms in total. The molecule has 86 valence electrons. The van der Waals surface area contributed by atoms with Gasteiger partial charge < -0.3 is 15.8 Å². The van der Waals surface area contributed by atoms with Crippen LogP contribution < -0.4 is 15.8 Å². The molecular weight excluding hydrogens is 204 g/mol. The lowest BCUT2D eigenvalue weighted by Gasteiger charge is -2.08. The molecule has 0 radical (unpaired) electrons. The second-order valence-electron chi connectivity index (χ2n) is 4.07. The Morgan fingerprint density at radius 1 is 1.56 bits per heavy atom. The van der Waals surface area contributed by atoms with Crippen LogP contribution in [0.2, 0.25) is 0 Å². The largest absolute Gasteiger partial charge is 0.491 e. The van der Waals surface area contributed by atoms with Crippen molar-refractivity contribution in [3.05, 3.63) is 23.8 Å².